The van der Waals surface area contributed by atoms with Gasteiger partial charge in [0, 0.05) is 0 Å². The second-order valence-electron chi connectivity index (χ2n) is 4.49. The van der Waals surface area contributed by atoms with Crippen molar-refractivity contribution in [2.45, 2.75) is 32.4 Å². The summed E-state index contributed by atoms with van der Waals surface area (Å²) in [6.45, 7) is 4.55. The van der Waals surface area contributed by atoms with Crippen LogP contribution in [0.25, 0.3) is 0 Å². The van der Waals surface area contributed by atoms with Gasteiger partial charge < -0.3 is 9.84 Å². The van der Waals surface area contributed by atoms with Gasteiger partial charge in [-0.25, -0.2) is 8.42 Å². The van der Waals surface area contributed by atoms with Crippen molar-refractivity contribution in [2.24, 2.45) is 0 Å². The highest BCUT2D eigenvalue weighted by Gasteiger charge is 2.40. The number of carbonyl (C=O) groups is 1. The second-order valence-corrected chi connectivity index (χ2v) is 6.64. The number of aliphatic hydroxyl groups excluding tert-OH is 1. The lowest BCUT2D eigenvalue weighted by Crippen LogP contribution is -2.46. The molecule has 2 atom stereocenters. The van der Waals surface area contributed by atoms with Crippen LogP contribution in [-0.2, 0) is 19.4 Å². The SMILES string of the molecule is CCCN(CC(=O)OCC)C1CS(=O)(=O)CC1O. The van der Waals surface area contributed by atoms with Crippen molar-refractivity contribution in [3.63, 3.8) is 0 Å². The Morgan fingerprint density at radius 2 is 2.06 bits per heavy atom. The van der Waals surface area contributed by atoms with Gasteiger partial charge in [-0.15, -0.1) is 0 Å². The van der Waals surface area contributed by atoms with E-state index in [1.165, 1.54) is 0 Å². The summed E-state index contributed by atoms with van der Waals surface area (Å²) < 4.78 is 27.8. The number of esters is 1. The molecule has 0 radical (unpaired) electrons. The van der Waals surface area contributed by atoms with E-state index >= 15 is 0 Å². The number of nitrogens with zero attached hydrogens (tertiary/aromatic N) is 1. The van der Waals surface area contributed by atoms with Crippen LogP contribution in [-0.4, -0.2) is 67.7 Å². The van der Waals surface area contributed by atoms with E-state index < -0.39 is 22.0 Å². The maximum absolute atomic E-state index is 11.5. The van der Waals surface area contributed by atoms with Crippen LogP contribution in [0.2, 0.25) is 0 Å². The molecule has 1 aliphatic heterocycles. The van der Waals surface area contributed by atoms with E-state index in [1.54, 1.807) is 11.8 Å². The van der Waals surface area contributed by atoms with Crippen LogP contribution in [0.5, 0.6) is 0 Å². The molecular weight excluding hydrogens is 258 g/mol. The van der Waals surface area contributed by atoms with Gasteiger partial charge in [0.2, 0.25) is 0 Å². The molecule has 2 unspecified atom stereocenters. The topological polar surface area (TPSA) is 83.9 Å². The van der Waals surface area contributed by atoms with Crippen molar-refractivity contribution in [3.05, 3.63) is 0 Å². The van der Waals surface area contributed by atoms with Gasteiger partial charge >= 0.3 is 5.97 Å². The van der Waals surface area contributed by atoms with Gasteiger partial charge in [0.05, 0.1) is 36.8 Å². The molecule has 1 fully saturated rings. The molecule has 0 spiro atoms. The molecule has 1 saturated heterocycles. The molecule has 0 aromatic rings. The molecule has 0 amide bonds. The van der Waals surface area contributed by atoms with Crippen molar-refractivity contribution in [1.82, 2.24) is 4.90 Å². The second kappa shape index (κ2) is 6.49. The summed E-state index contributed by atoms with van der Waals surface area (Å²) in [6, 6.07) is -0.501. The van der Waals surface area contributed by atoms with Gasteiger partial charge in [0.25, 0.3) is 0 Å². The first-order valence-corrected chi connectivity index (χ1v) is 8.00. The Morgan fingerprint density at radius 1 is 1.39 bits per heavy atom. The molecule has 6 nitrogen and oxygen atoms in total. The predicted molar refractivity (Wildman–Crippen MR) is 66.9 cm³/mol. The number of aliphatic hydroxyl groups is 1. The van der Waals surface area contributed by atoms with Crippen molar-refractivity contribution in [3.8, 4) is 0 Å². The fraction of sp³-hybridized carbons (Fsp3) is 0.909. The van der Waals surface area contributed by atoms with Crippen LogP contribution in [0.3, 0.4) is 0 Å². The lowest BCUT2D eigenvalue weighted by atomic mass is 10.1. The quantitative estimate of drug-likeness (QED) is 0.655. The Labute approximate surface area is 108 Å². The molecular formula is C11H21NO5S. The van der Waals surface area contributed by atoms with Crippen LogP contribution >= 0.6 is 0 Å². The van der Waals surface area contributed by atoms with Crippen LogP contribution < -0.4 is 0 Å². The van der Waals surface area contributed by atoms with Gasteiger partial charge in [-0.1, -0.05) is 6.92 Å². The summed E-state index contributed by atoms with van der Waals surface area (Å²) in [6.07, 6.45) is -0.140. The molecule has 0 aromatic heterocycles. The minimum Gasteiger partial charge on any atom is -0.465 e. The van der Waals surface area contributed by atoms with Gasteiger partial charge in [0.1, 0.15) is 0 Å². The average molecular weight is 279 g/mol. The largest absolute Gasteiger partial charge is 0.465 e. The molecule has 1 N–H and O–H groups in total. The summed E-state index contributed by atoms with van der Waals surface area (Å²) in [5, 5.41) is 9.79. The van der Waals surface area contributed by atoms with E-state index in [1.807, 2.05) is 6.92 Å². The number of hydrogen-bond acceptors (Lipinski definition) is 6. The highest BCUT2D eigenvalue weighted by Crippen LogP contribution is 2.18. The number of sulfone groups is 1. The van der Waals surface area contributed by atoms with E-state index in [0.717, 1.165) is 6.42 Å². The number of ether oxygens (including phenoxy) is 1. The first kappa shape index (κ1) is 15.4. The third kappa shape index (κ3) is 4.22. The highest BCUT2D eigenvalue weighted by atomic mass is 32.2. The fourth-order valence-corrected chi connectivity index (χ4v) is 4.01. The lowest BCUT2D eigenvalue weighted by Gasteiger charge is -2.28. The minimum atomic E-state index is -3.20. The molecule has 1 aliphatic rings. The Morgan fingerprint density at radius 3 is 2.50 bits per heavy atom. The maximum Gasteiger partial charge on any atom is 0.320 e. The van der Waals surface area contributed by atoms with Crippen molar-refractivity contribution in [1.29, 1.82) is 0 Å². The molecule has 1 rings (SSSR count). The smallest absolute Gasteiger partial charge is 0.320 e. The molecule has 0 aromatic carbocycles. The normalized spacial score (nSPS) is 26.4. The molecule has 106 valence electrons. The van der Waals surface area contributed by atoms with Gasteiger partial charge in [-0.2, -0.15) is 0 Å². The Balaban J connectivity index is 2.70. The van der Waals surface area contributed by atoms with Gasteiger partial charge in [0.15, 0.2) is 9.84 Å². The van der Waals surface area contributed by atoms with Crippen molar-refractivity contribution >= 4 is 15.8 Å². The van der Waals surface area contributed by atoms with Gasteiger partial charge in [-0.05, 0) is 19.9 Å². The zero-order valence-electron chi connectivity index (χ0n) is 10.8. The van der Waals surface area contributed by atoms with E-state index in [4.69, 9.17) is 4.74 Å². The standard InChI is InChI=1S/C11H21NO5S/c1-3-5-12(6-11(14)17-4-2)9-7-18(15,16)8-10(9)13/h9-10,13H,3-8H2,1-2H3. The molecule has 0 bridgehead atoms. The van der Waals surface area contributed by atoms with Crippen molar-refractivity contribution in [2.75, 3.05) is 31.2 Å². The fourth-order valence-electron chi connectivity index (χ4n) is 2.18. The average Bonchev–Trinajstić information content (AvgIpc) is 2.52. The number of rotatable bonds is 6. The summed E-state index contributed by atoms with van der Waals surface area (Å²) in [5.41, 5.74) is 0. The molecule has 0 aliphatic carbocycles. The first-order valence-electron chi connectivity index (χ1n) is 6.17. The van der Waals surface area contributed by atoms with Crippen LogP contribution in [0, 0.1) is 0 Å². The van der Waals surface area contributed by atoms with Crippen LogP contribution in [0.15, 0.2) is 0 Å². The summed E-state index contributed by atoms with van der Waals surface area (Å²) >= 11 is 0. The third-order valence-electron chi connectivity index (χ3n) is 2.91. The Bertz CT molecular complexity index is 381. The Hall–Kier alpha value is -0.660. The van der Waals surface area contributed by atoms with Crippen LogP contribution in [0.1, 0.15) is 20.3 Å². The van der Waals surface area contributed by atoms with E-state index in [-0.39, 0.29) is 24.0 Å². The lowest BCUT2D eigenvalue weighted by molar-refractivity contribution is -0.145. The zero-order chi connectivity index (χ0) is 13.8. The summed E-state index contributed by atoms with van der Waals surface area (Å²) in [5.74, 6) is -0.698. The highest BCUT2D eigenvalue weighted by molar-refractivity contribution is 7.91. The first-order chi connectivity index (χ1) is 8.39. The molecule has 7 heteroatoms. The van der Waals surface area contributed by atoms with Gasteiger partial charge in [-0.3, -0.25) is 9.69 Å². The zero-order valence-corrected chi connectivity index (χ0v) is 11.6. The van der Waals surface area contributed by atoms with E-state index in [2.05, 4.69) is 0 Å². The number of hydrogen-bond donors (Lipinski definition) is 1. The van der Waals surface area contributed by atoms with E-state index in [0.29, 0.717) is 13.2 Å². The molecule has 18 heavy (non-hydrogen) atoms. The minimum absolute atomic E-state index is 0.0267. The Kier molecular flexibility index (Phi) is 5.55. The number of carbonyl (C=O) groups excluding carboxylic acids is 1. The third-order valence-corrected chi connectivity index (χ3v) is 4.61. The monoisotopic (exact) mass is 279 g/mol. The summed E-state index contributed by atoms with van der Waals surface area (Å²) in [4.78, 5) is 13.2. The van der Waals surface area contributed by atoms with Crippen LogP contribution in [0.4, 0.5) is 0 Å². The summed E-state index contributed by atoms with van der Waals surface area (Å²) in [7, 11) is -3.20. The predicted octanol–water partition coefficient (Wildman–Crippen LogP) is -0.581. The molecule has 0 saturated carbocycles. The molecule has 1 heterocycles. The van der Waals surface area contributed by atoms with E-state index in [9.17, 15) is 18.3 Å². The van der Waals surface area contributed by atoms with Crippen molar-refractivity contribution < 1.29 is 23.1 Å². The maximum atomic E-state index is 11.5.